The number of benzene rings is 5. The number of esters is 1. The minimum Gasteiger partial charge on any atom is -0.493 e. The second-order valence-corrected chi connectivity index (χ2v) is 11.5. The largest absolute Gasteiger partial charge is 0.493 e. The van der Waals surface area contributed by atoms with Crippen LogP contribution in [-0.4, -0.2) is 28.4 Å². The molecule has 0 spiro atoms. The molecule has 1 aromatic heterocycles. The molecule has 1 heterocycles. The first-order chi connectivity index (χ1) is 23.9. The van der Waals surface area contributed by atoms with Gasteiger partial charge in [-0.1, -0.05) is 115 Å². The van der Waals surface area contributed by atoms with Crippen LogP contribution in [0, 0.1) is 0 Å². The van der Waals surface area contributed by atoms with Crippen LogP contribution in [0.2, 0.25) is 0 Å². The lowest BCUT2D eigenvalue weighted by Gasteiger charge is -2.37. The highest BCUT2D eigenvalue weighted by molar-refractivity contribution is 5.95. The summed E-state index contributed by atoms with van der Waals surface area (Å²) in [4.78, 5) is 29.1. The molecule has 0 saturated heterocycles. The first-order valence-corrected chi connectivity index (χ1v) is 15.9. The first-order valence-electron chi connectivity index (χ1n) is 15.9. The van der Waals surface area contributed by atoms with Gasteiger partial charge in [-0.25, -0.2) is 4.98 Å². The third kappa shape index (κ3) is 7.52. The summed E-state index contributed by atoms with van der Waals surface area (Å²) in [6.45, 7) is 1.57. The maximum Gasteiger partial charge on any atom is 0.308 e. The number of allylic oxidation sites excluding steroid dienone is 1. The lowest BCUT2D eigenvalue weighted by atomic mass is 9.77. The molecular formula is C42H36N2O5. The molecule has 0 saturated carbocycles. The molecule has 0 aliphatic carbocycles. The summed E-state index contributed by atoms with van der Waals surface area (Å²) in [6, 6.07) is 44.0. The van der Waals surface area contributed by atoms with Gasteiger partial charge >= 0.3 is 5.97 Å². The predicted octanol–water partition coefficient (Wildman–Crippen LogP) is 8.06. The van der Waals surface area contributed by atoms with Gasteiger partial charge in [0, 0.05) is 19.5 Å². The fourth-order valence-corrected chi connectivity index (χ4v) is 5.99. The fourth-order valence-electron chi connectivity index (χ4n) is 5.99. The molecule has 7 heteroatoms. The van der Waals surface area contributed by atoms with E-state index in [-0.39, 0.29) is 18.8 Å². The molecule has 0 aliphatic rings. The fraction of sp³-hybridized carbons (Fsp3) is 0.119. The molecule has 244 valence electrons. The third-order valence-electron chi connectivity index (χ3n) is 8.16. The summed E-state index contributed by atoms with van der Waals surface area (Å²) in [5.41, 5.74) is 4.98. The molecule has 6 aromatic rings. The minimum absolute atomic E-state index is 0.0835. The van der Waals surface area contributed by atoms with Gasteiger partial charge in [-0.3, -0.25) is 9.59 Å². The maximum absolute atomic E-state index is 12.9. The number of carbonyl (C=O) groups is 2. The summed E-state index contributed by atoms with van der Waals surface area (Å²) < 4.78 is 18.8. The third-order valence-corrected chi connectivity index (χ3v) is 8.16. The number of ketones is 1. The van der Waals surface area contributed by atoms with Crippen molar-refractivity contribution in [2.24, 2.45) is 0 Å². The Balaban J connectivity index is 1.19. The Morgan fingerprint density at radius 2 is 1.39 bits per heavy atom. The van der Waals surface area contributed by atoms with E-state index < -0.39 is 11.5 Å². The van der Waals surface area contributed by atoms with E-state index in [1.54, 1.807) is 24.3 Å². The van der Waals surface area contributed by atoms with Crippen LogP contribution in [0.4, 0.5) is 0 Å². The number of ether oxygens (including phenoxy) is 3. The number of nitrogens with zero attached hydrogens (tertiary/aromatic N) is 2. The van der Waals surface area contributed by atoms with E-state index in [2.05, 4.69) is 77.4 Å². The van der Waals surface area contributed by atoms with Crippen molar-refractivity contribution in [2.75, 3.05) is 7.11 Å². The summed E-state index contributed by atoms with van der Waals surface area (Å²) >= 11 is 0. The summed E-state index contributed by atoms with van der Waals surface area (Å²) in [5, 5.41) is 0. The molecule has 0 bridgehead atoms. The van der Waals surface area contributed by atoms with Gasteiger partial charge < -0.3 is 18.8 Å². The molecule has 0 unspecified atom stereocenters. The van der Waals surface area contributed by atoms with Crippen molar-refractivity contribution in [3.8, 4) is 17.2 Å². The number of carbonyl (C=O) groups excluding carboxylic acids is 2. The molecule has 0 atom stereocenters. The van der Waals surface area contributed by atoms with Crippen molar-refractivity contribution in [1.29, 1.82) is 0 Å². The van der Waals surface area contributed by atoms with Crippen molar-refractivity contribution in [3.05, 3.63) is 186 Å². The lowest BCUT2D eigenvalue weighted by molar-refractivity contribution is -0.132. The van der Waals surface area contributed by atoms with E-state index >= 15 is 0 Å². The summed E-state index contributed by atoms with van der Waals surface area (Å²) in [7, 11) is 1.50. The van der Waals surface area contributed by atoms with E-state index in [0.717, 1.165) is 27.9 Å². The topological polar surface area (TPSA) is 79.7 Å². The molecule has 0 fully saturated rings. The standard InChI is InChI=1S/C42H36N2O5/c1-31(45)49-41-27-32(22-24-40(41)47-2)21-23-38(46)25-33-13-12-20-39(26-33)48-29-37-28-44(30-43-37)42(34-14-6-3-7-15-34,35-16-8-4-9-17-35)36-18-10-5-11-19-36/h3-24,26-28,30H,25,29H2,1-2H3/b23-21+. The molecule has 7 nitrogen and oxygen atoms in total. The van der Waals surface area contributed by atoms with Crippen LogP contribution in [0.5, 0.6) is 17.2 Å². The van der Waals surface area contributed by atoms with Crippen LogP contribution in [0.15, 0.2) is 152 Å². The van der Waals surface area contributed by atoms with E-state index in [1.165, 1.54) is 20.1 Å². The van der Waals surface area contributed by atoms with Crippen molar-refractivity contribution >= 4 is 17.8 Å². The van der Waals surface area contributed by atoms with Crippen LogP contribution in [0.25, 0.3) is 6.08 Å². The number of hydrogen-bond acceptors (Lipinski definition) is 6. The van der Waals surface area contributed by atoms with Crippen LogP contribution in [0.3, 0.4) is 0 Å². The molecule has 5 aromatic carbocycles. The van der Waals surface area contributed by atoms with Crippen molar-refractivity contribution in [3.63, 3.8) is 0 Å². The van der Waals surface area contributed by atoms with Gasteiger partial charge in [0.1, 0.15) is 17.9 Å². The van der Waals surface area contributed by atoms with Crippen molar-refractivity contribution in [1.82, 2.24) is 9.55 Å². The van der Waals surface area contributed by atoms with Crippen LogP contribution >= 0.6 is 0 Å². The zero-order chi connectivity index (χ0) is 34.1. The predicted molar refractivity (Wildman–Crippen MR) is 190 cm³/mol. The monoisotopic (exact) mass is 648 g/mol. The van der Waals surface area contributed by atoms with Crippen LogP contribution in [-0.2, 0) is 28.2 Å². The van der Waals surface area contributed by atoms with Gasteiger partial charge in [0.2, 0.25) is 0 Å². The van der Waals surface area contributed by atoms with Gasteiger partial charge in [0.05, 0.1) is 19.1 Å². The number of rotatable bonds is 13. The molecule has 6 rings (SSSR count). The molecule has 0 aliphatic heterocycles. The van der Waals surface area contributed by atoms with Crippen molar-refractivity contribution < 1.29 is 23.8 Å². The SMILES string of the molecule is COc1ccc(/C=C/C(=O)Cc2cccc(OCc3cn(C(c4ccccc4)(c4ccccc4)c4ccccc4)cn3)c2)cc1OC(C)=O. The Morgan fingerprint density at radius 1 is 0.755 bits per heavy atom. The zero-order valence-electron chi connectivity index (χ0n) is 27.4. The average molecular weight is 649 g/mol. The normalized spacial score (nSPS) is 11.3. The number of aromatic nitrogens is 2. The first kappa shape index (κ1) is 32.7. The highest BCUT2D eigenvalue weighted by Gasteiger charge is 2.38. The lowest BCUT2D eigenvalue weighted by Crippen LogP contribution is -2.36. The molecular weight excluding hydrogens is 612 g/mol. The van der Waals surface area contributed by atoms with Crippen LogP contribution in [0.1, 0.15) is 40.4 Å². The van der Waals surface area contributed by atoms with Gasteiger partial charge in [-0.15, -0.1) is 0 Å². The zero-order valence-corrected chi connectivity index (χ0v) is 27.4. The van der Waals surface area contributed by atoms with Gasteiger partial charge in [-0.05, 0) is 58.2 Å². The van der Waals surface area contributed by atoms with Gasteiger partial charge in [0.15, 0.2) is 17.3 Å². The Hall–Kier alpha value is -6.21. The Labute approximate surface area is 286 Å². The Bertz CT molecular complexity index is 1960. The second-order valence-electron chi connectivity index (χ2n) is 11.5. The summed E-state index contributed by atoms with van der Waals surface area (Å²) in [6.07, 6.45) is 7.30. The second kappa shape index (κ2) is 15.1. The molecule has 0 radical (unpaired) electrons. The molecule has 0 amide bonds. The van der Waals surface area contributed by atoms with Gasteiger partial charge in [-0.2, -0.15) is 0 Å². The van der Waals surface area contributed by atoms with E-state index in [0.29, 0.717) is 22.8 Å². The summed E-state index contributed by atoms with van der Waals surface area (Å²) in [5.74, 6) is 0.839. The quantitative estimate of drug-likeness (QED) is 0.0546. The minimum atomic E-state index is -0.656. The van der Waals surface area contributed by atoms with E-state index in [9.17, 15) is 9.59 Å². The van der Waals surface area contributed by atoms with E-state index in [4.69, 9.17) is 19.2 Å². The van der Waals surface area contributed by atoms with Gasteiger partial charge in [0.25, 0.3) is 0 Å². The molecule has 49 heavy (non-hydrogen) atoms. The Kier molecular flexibility index (Phi) is 10.1. The highest BCUT2D eigenvalue weighted by atomic mass is 16.6. The van der Waals surface area contributed by atoms with E-state index in [1.807, 2.05) is 55.0 Å². The average Bonchev–Trinajstić information content (AvgIpc) is 3.61. The van der Waals surface area contributed by atoms with Crippen molar-refractivity contribution in [2.45, 2.75) is 25.5 Å². The van der Waals surface area contributed by atoms with Crippen LogP contribution < -0.4 is 14.2 Å². The maximum atomic E-state index is 12.9. The Morgan fingerprint density at radius 3 is 1.98 bits per heavy atom. The highest BCUT2D eigenvalue weighted by Crippen LogP contribution is 2.40. The molecule has 0 N–H and O–H groups in total. The smallest absolute Gasteiger partial charge is 0.308 e. The number of hydrogen-bond donors (Lipinski definition) is 0. The number of methoxy groups -OCH3 is 1. The number of imidazole rings is 1.